The molecule has 0 fully saturated rings. The SMILES string of the molecule is CCCCNC(=O)[C@@H](NC(=O)[C@H](N=Cc1cc(OC)ccc1O)[C@H](C)OC(C)(C)C)[C@@H](C)OC(c1ccccc1)(c1ccccc1)c1ccccc1. The Morgan fingerprint density at radius 3 is 1.81 bits per heavy atom. The van der Waals surface area contributed by atoms with Gasteiger partial charge >= 0.3 is 0 Å². The van der Waals surface area contributed by atoms with Crippen molar-refractivity contribution < 1.29 is 28.9 Å². The fourth-order valence-electron chi connectivity index (χ4n) is 6.15. The predicted octanol–water partition coefficient (Wildman–Crippen LogP) is 7.19. The summed E-state index contributed by atoms with van der Waals surface area (Å²) in [5, 5.41) is 16.6. The van der Waals surface area contributed by atoms with Gasteiger partial charge in [0.2, 0.25) is 11.8 Å². The maximum atomic E-state index is 14.4. The van der Waals surface area contributed by atoms with Crippen molar-refractivity contribution >= 4 is 18.0 Å². The van der Waals surface area contributed by atoms with E-state index in [9.17, 15) is 14.7 Å². The number of rotatable bonds is 17. The minimum Gasteiger partial charge on any atom is -0.507 e. The number of phenolic OH excluding ortho intramolecular Hbond substituents is 1. The molecule has 0 aromatic heterocycles. The number of phenols is 1. The second kappa shape index (κ2) is 18.5. The Morgan fingerprint density at radius 2 is 1.33 bits per heavy atom. The molecule has 0 saturated carbocycles. The molecular weight excluding hydrogens is 654 g/mol. The molecule has 4 aromatic carbocycles. The number of hydrogen-bond acceptors (Lipinski definition) is 7. The van der Waals surface area contributed by atoms with Crippen molar-refractivity contribution in [2.24, 2.45) is 4.99 Å². The van der Waals surface area contributed by atoms with Crippen molar-refractivity contribution in [3.8, 4) is 11.5 Å². The first kappa shape index (κ1) is 39.8. The van der Waals surface area contributed by atoms with Crippen molar-refractivity contribution in [1.82, 2.24) is 10.6 Å². The van der Waals surface area contributed by atoms with Gasteiger partial charge in [0.1, 0.15) is 23.1 Å². The van der Waals surface area contributed by atoms with Crippen LogP contribution in [0.2, 0.25) is 0 Å². The van der Waals surface area contributed by atoms with E-state index >= 15 is 0 Å². The molecule has 4 atom stereocenters. The maximum absolute atomic E-state index is 14.4. The second-order valence-electron chi connectivity index (χ2n) is 13.8. The van der Waals surface area contributed by atoms with E-state index < -0.39 is 41.4 Å². The van der Waals surface area contributed by atoms with Gasteiger partial charge in [-0.2, -0.15) is 0 Å². The zero-order chi connectivity index (χ0) is 37.7. The van der Waals surface area contributed by atoms with Crippen LogP contribution in [0, 0.1) is 0 Å². The van der Waals surface area contributed by atoms with Gasteiger partial charge in [-0.15, -0.1) is 0 Å². The van der Waals surface area contributed by atoms with Gasteiger partial charge in [0.05, 0.1) is 24.9 Å². The van der Waals surface area contributed by atoms with E-state index in [1.807, 2.05) is 119 Å². The Labute approximate surface area is 308 Å². The summed E-state index contributed by atoms with van der Waals surface area (Å²) in [5.74, 6) is -0.420. The smallest absolute Gasteiger partial charge is 0.248 e. The summed E-state index contributed by atoms with van der Waals surface area (Å²) in [7, 11) is 1.53. The van der Waals surface area contributed by atoms with Crippen LogP contribution in [0.3, 0.4) is 0 Å². The molecule has 0 spiro atoms. The molecule has 0 radical (unpaired) electrons. The van der Waals surface area contributed by atoms with Crippen molar-refractivity contribution in [2.75, 3.05) is 13.7 Å². The normalized spacial score (nSPS) is 14.3. The van der Waals surface area contributed by atoms with E-state index in [0.717, 1.165) is 29.5 Å². The van der Waals surface area contributed by atoms with Crippen LogP contribution in [0.25, 0.3) is 0 Å². The lowest BCUT2D eigenvalue weighted by Gasteiger charge is -2.40. The lowest BCUT2D eigenvalue weighted by Crippen LogP contribution is -2.58. The molecule has 0 bridgehead atoms. The van der Waals surface area contributed by atoms with Crippen LogP contribution in [0.4, 0.5) is 0 Å². The quantitative estimate of drug-likeness (QED) is 0.0608. The molecule has 2 amide bonds. The number of methoxy groups -OCH3 is 1. The summed E-state index contributed by atoms with van der Waals surface area (Å²) < 4.78 is 18.7. The molecule has 0 unspecified atom stereocenters. The monoisotopic (exact) mass is 707 g/mol. The highest BCUT2D eigenvalue weighted by Gasteiger charge is 2.43. The van der Waals surface area contributed by atoms with Crippen molar-refractivity contribution in [2.45, 2.75) is 89.9 Å². The Morgan fingerprint density at radius 1 is 0.788 bits per heavy atom. The molecule has 9 nitrogen and oxygen atoms in total. The number of nitrogens with one attached hydrogen (secondary N) is 2. The van der Waals surface area contributed by atoms with Gasteiger partial charge in [0, 0.05) is 18.3 Å². The molecule has 9 heteroatoms. The van der Waals surface area contributed by atoms with Gasteiger partial charge in [0.25, 0.3) is 0 Å². The van der Waals surface area contributed by atoms with Gasteiger partial charge in [0.15, 0.2) is 6.04 Å². The van der Waals surface area contributed by atoms with Crippen LogP contribution in [0.15, 0.2) is 114 Å². The molecule has 4 aromatic rings. The molecule has 4 rings (SSSR count). The topological polar surface area (TPSA) is 118 Å². The second-order valence-corrected chi connectivity index (χ2v) is 13.8. The first-order valence-corrected chi connectivity index (χ1v) is 17.9. The molecule has 0 heterocycles. The first-order chi connectivity index (χ1) is 24.9. The maximum Gasteiger partial charge on any atom is 0.248 e. The standard InChI is InChI=1S/C43H53N3O6/c1-8-9-27-44-40(48)39(46-41(49)38(30(2)51-42(4,5)6)45-29-32-28-36(50-7)25-26-37(32)47)31(3)52-43(33-19-13-10-14-20-33,34-21-15-11-16-22-34)35-23-17-12-18-24-35/h10-26,28-31,38-39,47H,8-9,27H2,1-7H3,(H,44,48)(H,46,49)/t30-,31+,38+,39-/m0/s1. The Hall–Kier alpha value is -4.99. The largest absolute Gasteiger partial charge is 0.507 e. The Balaban J connectivity index is 1.79. The third-order valence-corrected chi connectivity index (χ3v) is 8.64. The number of aromatic hydroxyl groups is 1. The molecule has 52 heavy (non-hydrogen) atoms. The summed E-state index contributed by atoms with van der Waals surface area (Å²) in [5.41, 5.74) is 1.22. The third-order valence-electron chi connectivity index (χ3n) is 8.64. The number of carbonyl (C=O) groups is 2. The van der Waals surface area contributed by atoms with Gasteiger partial charge < -0.3 is 30.0 Å². The van der Waals surface area contributed by atoms with Gasteiger partial charge in [-0.05, 0) is 75.9 Å². The lowest BCUT2D eigenvalue weighted by molar-refractivity contribution is -0.139. The minimum atomic E-state index is -1.14. The average molecular weight is 708 g/mol. The Kier molecular flexibility index (Phi) is 14.1. The summed E-state index contributed by atoms with van der Waals surface area (Å²) in [6.07, 6.45) is 1.53. The van der Waals surface area contributed by atoms with Crippen LogP contribution in [-0.2, 0) is 24.7 Å². The number of carbonyl (C=O) groups excluding carboxylic acids is 2. The Bertz CT molecular complexity index is 1640. The molecule has 0 aliphatic rings. The fraction of sp³-hybridized carbons (Fsp3) is 0.372. The van der Waals surface area contributed by atoms with Crippen molar-refractivity contribution in [3.05, 3.63) is 131 Å². The number of unbranched alkanes of at least 4 members (excludes halogenated alkanes) is 1. The van der Waals surface area contributed by atoms with Gasteiger partial charge in [-0.1, -0.05) is 104 Å². The van der Waals surface area contributed by atoms with Crippen molar-refractivity contribution in [1.29, 1.82) is 0 Å². The molecule has 0 saturated heterocycles. The van der Waals surface area contributed by atoms with E-state index in [4.69, 9.17) is 14.2 Å². The predicted molar refractivity (Wildman–Crippen MR) is 206 cm³/mol. The van der Waals surface area contributed by atoms with Gasteiger partial charge in [-0.25, -0.2) is 0 Å². The fourth-order valence-corrected chi connectivity index (χ4v) is 6.15. The highest BCUT2D eigenvalue weighted by molar-refractivity contribution is 5.92. The molecule has 3 N–H and O–H groups in total. The van der Waals surface area contributed by atoms with E-state index in [2.05, 4.69) is 15.6 Å². The van der Waals surface area contributed by atoms with Crippen LogP contribution in [-0.4, -0.2) is 66.7 Å². The average Bonchev–Trinajstić information content (AvgIpc) is 3.14. The van der Waals surface area contributed by atoms with Crippen LogP contribution >= 0.6 is 0 Å². The van der Waals surface area contributed by atoms with Crippen LogP contribution in [0.5, 0.6) is 11.5 Å². The highest BCUT2D eigenvalue weighted by Crippen LogP contribution is 2.41. The van der Waals surface area contributed by atoms with E-state index in [0.29, 0.717) is 17.9 Å². The number of ether oxygens (including phenoxy) is 3. The van der Waals surface area contributed by atoms with Crippen molar-refractivity contribution in [3.63, 3.8) is 0 Å². The zero-order valence-electron chi connectivity index (χ0n) is 31.3. The number of aliphatic imine (C=N–C) groups is 1. The lowest BCUT2D eigenvalue weighted by atomic mass is 9.79. The number of amides is 2. The number of hydrogen-bond donors (Lipinski definition) is 3. The van der Waals surface area contributed by atoms with Gasteiger partial charge in [-0.3, -0.25) is 14.6 Å². The van der Waals surface area contributed by atoms with Crippen LogP contribution in [0.1, 0.15) is 76.6 Å². The van der Waals surface area contributed by atoms with E-state index in [-0.39, 0.29) is 11.7 Å². The number of benzene rings is 4. The van der Waals surface area contributed by atoms with Crippen LogP contribution < -0.4 is 15.4 Å². The molecule has 0 aliphatic heterocycles. The highest BCUT2D eigenvalue weighted by atomic mass is 16.5. The van der Waals surface area contributed by atoms with E-state index in [1.165, 1.54) is 19.4 Å². The molecule has 276 valence electrons. The molecular formula is C43H53N3O6. The summed E-state index contributed by atoms with van der Waals surface area (Å²) in [4.78, 5) is 33.1. The third kappa shape index (κ3) is 10.3. The summed E-state index contributed by atoms with van der Waals surface area (Å²) in [6.45, 7) is 11.7. The first-order valence-electron chi connectivity index (χ1n) is 17.9. The summed E-state index contributed by atoms with van der Waals surface area (Å²) >= 11 is 0. The zero-order valence-corrected chi connectivity index (χ0v) is 31.3. The summed E-state index contributed by atoms with van der Waals surface area (Å²) in [6, 6.07) is 32.2. The minimum absolute atomic E-state index is 0.0256. The molecule has 0 aliphatic carbocycles. The van der Waals surface area contributed by atoms with E-state index in [1.54, 1.807) is 26.0 Å². The number of nitrogens with zero attached hydrogens (tertiary/aromatic N) is 1.